The molecule has 0 spiro atoms. The van der Waals surface area contributed by atoms with Gasteiger partial charge in [0, 0.05) is 6.54 Å². The normalized spacial score (nSPS) is 11.2. The molecule has 0 aliphatic rings. The van der Waals surface area contributed by atoms with Crippen molar-refractivity contribution in [1.82, 2.24) is 14.4 Å². The van der Waals surface area contributed by atoms with Crippen LogP contribution in [0.4, 0.5) is 5.82 Å². The van der Waals surface area contributed by atoms with Crippen molar-refractivity contribution in [2.45, 2.75) is 26.2 Å². The van der Waals surface area contributed by atoms with Gasteiger partial charge >= 0.3 is 0 Å². The third-order valence-electron chi connectivity index (χ3n) is 3.33. The van der Waals surface area contributed by atoms with Crippen molar-refractivity contribution in [3.05, 3.63) is 36.8 Å². The number of anilines is 1. The predicted octanol–water partition coefficient (Wildman–Crippen LogP) is 3.48. The van der Waals surface area contributed by atoms with Crippen LogP contribution in [0.25, 0.3) is 16.6 Å². The van der Waals surface area contributed by atoms with Gasteiger partial charge in [0.2, 0.25) is 0 Å². The van der Waals surface area contributed by atoms with Gasteiger partial charge in [-0.15, -0.1) is 0 Å². The van der Waals surface area contributed by atoms with Gasteiger partial charge in [0.15, 0.2) is 5.82 Å². The molecule has 1 N–H and O–H groups in total. The fourth-order valence-corrected chi connectivity index (χ4v) is 2.31. The van der Waals surface area contributed by atoms with Gasteiger partial charge in [-0.05, 0) is 18.6 Å². The first-order valence-electron chi connectivity index (χ1n) is 6.85. The maximum absolute atomic E-state index is 4.70. The van der Waals surface area contributed by atoms with E-state index in [1.54, 1.807) is 0 Å². The number of imidazole rings is 1. The molecular formula is C15H18N4. The largest absolute Gasteiger partial charge is 0.368 e. The Balaban J connectivity index is 1.99. The summed E-state index contributed by atoms with van der Waals surface area (Å²) in [6.45, 7) is 3.17. The van der Waals surface area contributed by atoms with E-state index in [9.17, 15) is 0 Å². The summed E-state index contributed by atoms with van der Waals surface area (Å²) < 4.78 is 2.09. The lowest BCUT2D eigenvalue weighted by atomic mass is 10.2. The molecule has 2 aromatic heterocycles. The molecule has 0 unspecified atom stereocenters. The smallest absolute Gasteiger partial charge is 0.152 e. The molecule has 3 aromatic rings. The average Bonchev–Trinajstić information content (AvgIpc) is 2.93. The third kappa shape index (κ3) is 2.26. The van der Waals surface area contributed by atoms with Gasteiger partial charge in [-0.1, -0.05) is 31.9 Å². The minimum Gasteiger partial charge on any atom is -0.368 e. The lowest BCUT2D eigenvalue weighted by Gasteiger charge is -2.09. The van der Waals surface area contributed by atoms with E-state index in [2.05, 4.69) is 27.7 Å². The lowest BCUT2D eigenvalue weighted by molar-refractivity contribution is 0.743. The number of unbranched alkanes of at least 4 members (excludes halogenated alkanes) is 2. The molecule has 0 aliphatic carbocycles. The van der Waals surface area contributed by atoms with E-state index in [1.807, 2.05) is 30.7 Å². The first-order chi connectivity index (χ1) is 9.40. The topological polar surface area (TPSA) is 42.2 Å². The van der Waals surface area contributed by atoms with Crippen molar-refractivity contribution in [3.8, 4) is 0 Å². The van der Waals surface area contributed by atoms with Crippen LogP contribution in [-0.2, 0) is 0 Å². The molecule has 0 bridgehead atoms. The molecule has 2 heterocycles. The summed E-state index contributed by atoms with van der Waals surface area (Å²) in [5.41, 5.74) is 3.12. The van der Waals surface area contributed by atoms with E-state index in [-0.39, 0.29) is 0 Å². The summed E-state index contributed by atoms with van der Waals surface area (Å²) in [6.07, 6.45) is 7.36. The number of benzene rings is 1. The van der Waals surface area contributed by atoms with Gasteiger partial charge < -0.3 is 5.32 Å². The van der Waals surface area contributed by atoms with Crippen molar-refractivity contribution in [1.29, 1.82) is 0 Å². The number of rotatable bonds is 5. The molecule has 0 atom stereocenters. The minimum atomic E-state index is 0.923. The van der Waals surface area contributed by atoms with Crippen LogP contribution in [0.15, 0.2) is 36.8 Å². The fourth-order valence-electron chi connectivity index (χ4n) is 2.31. The van der Waals surface area contributed by atoms with Crippen molar-refractivity contribution < 1.29 is 0 Å². The van der Waals surface area contributed by atoms with Gasteiger partial charge in [0.1, 0.15) is 5.52 Å². The van der Waals surface area contributed by atoms with E-state index < -0.39 is 0 Å². The third-order valence-corrected chi connectivity index (χ3v) is 3.33. The number of aromatic nitrogens is 3. The molecule has 1 aromatic carbocycles. The maximum atomic E-state index is 4.70. The number of nitrogens with one attached hydrogen (secondary N) is 1. The van der Waals surface area contributed by atoms with Crippen LogP contribution >= 0.6 is 0 Å². The molecule has 0 radical (unpaired) electrons. The van der Waals surface area contributed by atoms with Crippen molar-refractivity contribution in [2.75, 3.05) is 11.9 Å². The molecule has 4 heteroatoms. The first kappa shape index (κ1) is 12.0. The molecule has 0 saturated carbocycles. The molecule has 0 saturated heterocycles. The molecule has 0 fully saturated rings. The first-order valence-corrected chi connectivity index (χ1v) is 6.85. The number of hydrogen-bond donors (Lipinski definition) is 1. The van der Waals surface area contributed by atoms with Crippen LogP contribution in [0.5, 0.6) is 0 Å². The van der Waals surface area contributed by atoms with Crippen LogP contribution in [0.3, 0.4) is 0 Å². The second-order valence-corrected chi connectivity index (χ2v) is 4.73. The Morgan fingerprint density at radius 2 is 2.05 bits per heavy atom. The van der Waals surface area contributed by atoms with Gasteiger partial charge in [-0.2, -0.15) is 0 Å². The Labute approximate surface area is 112 Å². The standard InChI is InChI=1S/C15H18N4/c1-2-3-6-9-17-15-14-10-16-11-19(14)13-8-5-4-7-12(13)18-15/h4-5,7-8,10-11H,2-3,6,9H2,1H3,(H,17,18). The van der Waals surface area contributed by atoms with Gasteiger partial charge in [-0.3, -0.25) is 4.40 Å². The highest BCUT2D eigenvalue weighted by molar-refractivity contribution is 5.83. The van der Waals surface area contributed by atoms with Crippen LogP contribution in [0.1, 0.15) is 26.2 Å². The Kier molecular flexibility index (Phi) is 3.31. The summed E-state index contributed by atoms with van der Waals surface area (Å²) in [6, 6.07) is 8.14. The van der Waals surface area contributed by atoms with E-state index in [4.69, 9.17) is 4.98 Å². The molecular weight excluding hydrogens is 236 g/mol. The molecule has 19 heavy (non-hydrogen) atoms. The highest BCUT2D eigenvalue weighted by Crippen LogP contribution is 2.21. The highest BCUT2D eigenvalue weighted by atomic mass is 15.1. The summed E-state index contributed by atoms with van der Waals surface area (Å²) in [4.78, 5) is 8.94. The van der Waals surface area contributed by atoms with Gasteiger partial charge in [0.25, 0.3) is 0 Å². The summed E-state index contributed by atoms with van der Waals surface area (Å²) >= 11 is 0. The average molecular weight is 254 g/mol. The number of hydrogen-bond acceptors (Lipinski definition) is 3. The number of para-hydroxylation sites is 2. The molecule has 3 rings (SSSR count). The van der Waals surface area contributed by atoms with Crippen LogP contribution < -0.4 is 5.32 Å². The number of fused-ring (bicyclic) bond motifs is 3. The Morgan fingerprint density at radius 3 is 2.95 bits per heavy atom. The second kappa shape index (κ2) is 5.26. The van der Waals surface area contributed by atoms with E-state index in [0.717, 1.165) is 28.9 Å². The van der Waals surface area contributed by atoms with Crippen LogP contribution in [0.2, 0.25) is 0 Å². The van der Waals surface area contributed by atoms with Crippen LogP contribution in [-0.4, -0.2) is 20.9 Å². The van der Waals surface area contributed by atoms with Crippen molar-refractivity contribution in [2.24, 2.45) is 0 Å². The highest BCUT2D eigenvalue weighted by Gasteiger charge is 2.07. The van der Waals surface area contributed by atoms with E-state index >= 15 is 0 Å². The number of nitrogens with zero attached hydrogens (tertiary/aromatic N) is 3. The Hall–Kier alpha value is -2.10. The molecule has 4 nitrogen and oxygen atoms in total. The van der Waals surface area contributed by atoms with Gasteiger partial charge in [0.05, 0.1) is 23.6 Å². The van der Waals surface area contributed by atoms with E-state index in [0.29, 0.717) is 0 Å². The Bertz CT molecular complexity index is 687. The van der Waals surface area contributed by atoms with Crippen LogP contribution in [0, 0.1) is 0 Å². The molecule has 0 aliphatic heterocycles. The maximum Gasteiger partial charge on any atom is 0.152 e. The lowest BCUT2D eigenvalue weighted by Crippen LogP contribution is -2.05. The summed E-state index contributed by atoms with van der Waals surface area (Å²) in [5, 5.41) is 3.43. The van der Waals surface area contributed by atoms with E-state index in [1.165, 1.54) is 19.3 Å². The summed E-state index contributed by atoms with van der Waals surface area (Å²) in [5.74, 6) is 0.923. The van der Waals surface area contributed by atoms with Gasteiger partial charge in [-0.25, -0.2) is 9.97 Å². The quantitative estimate of drug-likeness (QED) is 0.709. The molecule has 98 valence electrons. The fraction of sp³-hybridized carbons (Fsp3) is 0.333. The zero-order chi connectivity index (χ0) is 13.1. The zero-order valence-electron chi connectivity index (χ0n) is 11.1. The monoisotopic (exact) mass is 254 g/mol. The molecule has 0 amide bonds. The zero-order valence-corrected chi connectivity index (χ0v) is 11.1. The predicted molar refractivity (Wildman–Crippen MR) is 78.5 cm³/mol. The van der Waals surface area contributed by atoms with Crippen molar-refractivity contribution in [3.63, 3.8) is 0 Å². The Morgan fingerprint density at radius 1 is 1.16 bits per heavy atom. The minimum absolute atomic E-state index is 0.923. The van der Waals surface area contributed by atoms with Crippen molar-refractivity contribution >= 4 is 22.4 Å². The SMILES string of the molecule is CCCCCNc1nc2ccccc2n2cncc12. The second-order valence-electron chi connectivity index (χ2n) is 4.73. The summed E-state index contributed by atoms with van der Waals surface area (Å²) in [7, 11) is 0.